The molecule has 0 spiro atoms. The molecule has 1 heterocycles. The molecule has 0 amide bonds. The summed E-state index contributed by atoms with van der Waals surface area (Å²) in [5.74, 6) is 1.20. The molecule has 0 saturated heterocycles. The largest absolute Gasteiger partial charge is 0.384 e. The molecule has 0 saturated carbocycles. The van der Waals surface area contributed by atoms with E-state index in [4.69, 9.17) is 10.5 Å². The number of rotatable bonds is 5. The number of hydrogen-bond acceptors (Lipinski definition) is 5. The molecule has 0 unspecified atom stereocenters. The summed E-state index contributed by atoms with van der Waals surface area (Å²) >= 11 is 0. The average Bonchev–Trinajstić information content (AvgIpc) is 2.13. The summed E-state index contributed by atoms with van der Waals surface area (Å²) in [5.41, 5.74) is 5.49. The first kappa shape index (κ1) is 9.88. The van der Waals surface area contributed by atoms with Crippen molar-refractivity contribution < 1.29 is 4.74 Å². The summed E-state index contributed by atoms with van der Waals surface area (Å²) in [6.07, 6.45) is 1.65. The fourth-order valence-corrected chi connectivity index (χ4v) is 0.874. The maximum absolute atomic E-state index is 5.49. The second-order valence-electron chi connectivity index (χ2n) is 2.57. The van der Waals surface area contributed by atoms with Crippen LogP contribution in [0.15, 0.2) is 12.3 Å². The zero-order chi connectivity index (χ0) is 9.52. The number of methoxy groups -OCH3 is 1. The molecule has 0 aliphatic heterocycles. The van der Waals surface area contributed by atoms with Crippen molar-refractivity contribution in [3.8, 4) is 0 Å². The lowest BCUT2D eigenvalue weighted by Crippen LogP contribution is -2.20. The van der Waals surface area contributed by atoms with Gasteiger partial charge in [0.1, 0.15) is 11.6 Å². The summed E-state index contributed by atoms with van der Waals surface area (Å²) in [6, 6.07) is 1.67. The van der Waals surface area contributed by atoms with Crippen molar-refractivity contribution in [1.29, 1.82) is 0 Å². The molecule has 5 heteroatoms. The van der Waals surface area contributed by atoms with Crippen LogP contribution in [0.4, 0.5) is 5.82 Å². The predicted octanol–water partition coefficient (Wildman–Crippen LogP) is -0.205. The number of aromatic nitrogens is 2. The van der Waals surface area contributed by atoms with Crippen LogP contribution >= 0.6 is 0 Å². The van der Waals surface area contributed by atoms with Gasteiger partial charge in [0, 0.05) is 19.9 Å². The van der Waals surface area contributed by atoms with Crippen LogP contribution in [-0.4, -0.2) is 30.2 Å². The van der Waals surface area contributed by atoms with Crippen LogP contribution in [0.2, 0.25) is 0 Å². The van der Waals surface area contributed by atoms with Crippen molar-refractivity contribution >= 4 is 5.82 Å². The normalized spacial score (nSPS) is 10.2. The average molecular weight is 182 g/mol. The molecule has 0 aliphatic carbocycles. The van der Waals surface area contributed by atoms with E-state index in [9.17, 15) is 0 Å². The fourth-order valence-electron chi connectivity index (χ4n) is 0.874. The number of hydrogen-bond donors (Lipinski definition) is 2. The Hall–Kier alpha value is -1.20. The highest BCUT2D eigenvalue weighted by Crippen LogP contribution is 1.94. The van der Waals surface area contributed by atoms with Gasteiger partial charge < -0.3 is 15.8 Å². The van der Waals surface area contributed by atoms with Crippen LogP contribution < -0.4 is 11.1 Å². The zero-order valence-electron chi connectivity index (χ0n) is 7.66. The Balaban J connectivity index is 2.28. The summed E-state index contributed by atoms with van der Waals surface area (Å²) in [5, 5.41) is 3.12. The molecule has 13 heavy (non-hydrogen) atoms. The second kappa shape index (κ2) is 5.45. The Kier molecular flexibility index (Phi) is 4.14. The smallest absolute Gasteiger partial charge is 0.144 e. The Morgan fingerprint density at radius 1 is 1.62 bits per heavy atom. The summed E-state index contributed by atoms with van der Waals surface area (Å²) in [6.45, 7) is 2.09. The number of nitrogens with one attached hydrogen (secondary N) is 1. The minimum absolute atomic E-state index is 0.499. The third kappa shape index (κ3) is 3.82. The van der Waals surface area contributed by atoms with Crippen LogP contribution in [0, 0.1) is 0 Å². The molecule has 1 aromatic heterocycles. The van der Waals surface area contributed by atoms with Crippen molar-refractivity contribution in [2.75, 3.05) is 26.0 Å². The molecule has 0 radical (unpaired) electrons. The summed E-state index contributed by atoms with van der Waals surface area (Å²) in [7, 11) is 1.67. The highest BCUT2D eigenvalue weighted by molar-refractivity contribution is 5.24. The third-order valence-electron chi connectivity index (χ3n) is 1.49. The standard InChI is InChI=1S/C8H14N4O/c1-13-5-4-10-6-8-11-3-2-7(9)12-8/h2-3,10H,4-6H2,1H3,(H2,9,11,12). The second-order valence-corrected chi connectivity index (χ2v) is 2.57. The predicted molar refractivity (Wildman–Crippen MR) is 50.0 cm³/mol. The van der Waals surface area contributed by atoms with E-state index in [2.05, 4.69) is 15.3 Å². The molecule has 0 aromatic carbocycles. The van der Waals surface area contributed by atoms with Crippen LogP contribution in [0.3, 0.4) is 0 Å². The van der Waals surface area contributed by atoms with Gasteiger partial charge >= 0.3 is 0 Å². The van der Waals surface area contributed by atoms with Gasteiger partial charge in [-0.2, -0.15) is 0 Å². The summed E-state index contributed by atoms with van der Waals surface area (Å²) < 4.78 is 4.88. The molecular weight excluding hydrogens is 168 g/mol. The lowest BCUT2D eigenvalue weighted by atomic mass is 10.5. The monoisotopic (exact) mass is 182 g/mol. The molecule has 0 aliphatic rings. The van der Waals surface area contributed by atoms with E-state index < -0.39 is 0 Å². The molecule has 0 atom stereocenters. The molecule has 1 rings (SSSR count). The van der Waals surface area contributed by atoms with Gasteiger partial charge in [-0.25, -0.2) is 9.97 Å². The quantitative estimate of drug-likeness (QED) is 0.617. The first-order valence-corrected chi connectivity index (χ1v) is 4.10. The van der Waals surface area contributed by atoms with Crippen molar-refractivity contribution in [3.63, 3.8) is 0 Å². The Bertz CT molecular complexity index is 254. The van der Waals surface area contributed by atoms with Crippen molar-refractivity contribution in [2.45, 2.75) is 6.54 Å². The minimum Gasteiger partial charge on any atom is -0.384 e. The van der Waals surface area contributed by atoms with Crippen LogP contribution in [0.1, 0.15) is 5.82 Å². The molecule has 3 N–H and O–H groups in total. The van der Waals surface area contributed by atoms with Crippen LogP contribution in [0.5, 0.6) is 0 Å². The number of anilines is 1. The Morgan fingerprint density at radius 2 is 2.46 bits per heavy atom. The highest BCUT2D eigenvalue weighted by atomic mass is 16.5. The van der Waals surface area contributed by atoms with Gasteiger partial charge in [-0.15, -0.1) is 0 Å². The van der Waals surface area contributed by atoms with E-state index in [1.54, 1.807) is 19.4 Å². The Morgan fingerprint density at radius 3 is 3.15 bits per heavy atom. The van der Waals surface area contributed by atoms with Gasteiger partial charge in [0.25, 0.3) is 0 Å². The topological polar surface area (TPSA) is 73.1 Å². The molecule has 1 aromatic rings. The van der Waals surface area contributed by atoms with Crippen molar-refractivity contribution in [1.82, 2.24) is 15.3 Å². The van der Waals surface area contributed by atoms with Gasteiger partial charge in [0.2, 0.25) is 0 Å². The van der Waals surface area contributed by atoms with E-state index >= 15 is 0 Å². The number of ether oxygens (including phenoxy) is 1. The third-order valence-corrected chi connectivity index (χ3v) is 1.49. The summed E-state index contributed by atoms with van der Waals surface area (Å²) in [4.78, 5) is 8.08. The molecule has 72 valence electrons. The lowest BCUT2D eigenvalue weighted by molar-refractivity contribution is 0.199. The molecule has 0 fully saturated rings. The first-order valence-electron chi connectivity index (χ1n) is 4.10. The molecule has 0 bridgehead atoms. The van der Waals surface area contributed by atoms with Gasteiger partial charge in [0.05, 0.1) is 13.2 Å². The maximum Gasteiger partial charge on any atom is 0.144 e. The number of nitrogen functional groups attached to an aromatic ring is 1. The highest BCUT2D eigenvalue weighted by Gasteiger charge is 1.95. The Labute approximate surface area is 77.3 Å². The van der Waals surface area contributed by atoms with Crippen LogP contribution in [0.25, 0.3) is 0 Å². The molecule has 5 nitrogen and oxygen atoms in total. The van der Waals surface area contributed by atoms with E-state index in [1.165, 1.54) is 0 Å². The SMILES string of the molecule is COCCNCc1nccc(N)n1. The van der Waals surface area contributed by atoms with Gasteiger partial charge in [-0.1, -0.05) is 0 Å². The van der Waals surface area contributed by atoms with Gasteiger partial charge in [0.15, 0.2) is 0 Å². The van der Waals surface area contributed by atoms with E-state index in [1.807, 2.05) is 0 Å². The molecular formula is C8H14N4O. The lowest BCUT2D eigenvalue weighted by Gasteiger charge is -2.02. The van der Waals surface area contributed by atoms with Crippen LogP contribution in [-0.2, 0) is 11.3 Å². The van der Waals surface area contributed by atoms with E-state index in [-0.39, 0.29) is 0 Å². The number of nitrogens with two attached hydrogens (primary N) is 1. The fraction of sp³-hybridized carbons (Fsp3) is 0.500. The van der Waals surface area contributed by atoms with Crippen molar-refractivity contribution in [2.24, 2.45) is 0 Å². The van der Waals surface area contributed by atoms with Gasteiger partial charge in [-0.3, -0.25) is 0 Å². The minimum atomic E-state index is 0.499. The maximum atomic E-state index is 5.49. The zero-order valence-corrected chi connectivity index (χ0v) is 7.66. The van der Waals surface area contributed by atoms with Crippen molar-refractivity contribution in [3.05, 3.63) is 18.1 Å². The van der Waals surface area contributed by atoms with E-state index in [0.717, 1.165) is 6.54 Å². The van der Waals surface area contributed by atoms with Gasteiger partial charge in [-0.05, 0) is 6.07 Å². The first-order chi connectivity index (χ1) is 6.33. The number of nitrogens with zero attached hydrogens (tertiary/aromatic N) is 2. The van der Waals surface area contributed by atoms with E-state index in [0.29, 0.717) is 24.8 Å².